The van der Waals surface area contributed by atoms with Gasteiger partial charge in [0.15, 0.2) is 5.82 Å². The fourth-order valence-electron chi connectivity index (χ4n) is 3.17. The van der Waals surface area contributed by atoms with Crippen LogP contribution in [0.3, 0.4) is 0 Å². The van der Waals surface area contributed by atoms with Crippen LogP contribution in [0, 0.1) is 0 Å². The molecular weight excluding hydrogens is 242 g/mol. The van der Waals surface area contributed by atoms with Crippen molar-refractivity contribution in [3.63, 3.8) is 0 Å². The van der Waals surface area contributed by atoms with Crippen molar-refractivity contribution in [2.24, 2.45) is 5.73 Å². The van der Waals surface area contributed by atoms with Crippen LogP contribution >= 0.6 is 0 Å². The van der Waals surface area contributed by atoms with E-state index in [0.29, 0.717) is 12.4 Å². The monoisotopic (exact) mass is 265 g/mol. The van der Waals surface area contributed by atoms with Crippen molar-refractivity contribution < 1.29 is 4.52 Å². The van der Waals surface area contributed by atoms with Crippen molar-refractivity contribution in [3.05, 3.63) is 11.7 Å². The first kappa shape index (κ1) is 13.0. The van der Waals surface area contributed by atoms with Crippen molar-refractivity contribution in [1.82, 2.24) is 19.9 Å². The zero-order valence-corrected chi connectivity index (χ0v) is 11.4. The molecule has 1 atom stereocenters. The number of nitrogens with two attached hydrogens (primary N) is 1. The third-order valence-corrected chi connectivity index (χ3v) is 4.20. The minimum atomic E-state index is 0.323. The lowest BCUT2D eigenvalue weighted by Crippen LogP contribution is -2.40. The molecule has 0 aliphatic carbocycles. The summed E-state index contributed by atoms with van der Waals surface area (Å²) in [6.07, 6.45) is 5.39. The highest BCUT2D eigenvalue weighted by Gasteiger charge is 2.28. The summed E-state index contributed by atoms with van der Waals surface area (Å²) in [6, 6.07) is 0.723. The number of rotatable bonds is 4. The zero-order chi connectivity index (χ0) is 13.1. The van der Waals surface area contributed by atoms with E-state index in [1.165, 1.54) is 38.8 Å². The molecule has 2 saturated heterocycles. The summed E-state index contributed by atoms with van der Waals surface area (Å²) in [5.41, 5.74) is 5.47. The Hall–Kier alpha value is -0.980. The number of hydrogen-bond acceptors (Lipinski definition) is 6. The van der Waals surface area contributed by atoms with Crippen LogP contribution in [-0.2, 0) is 13.1 Å². The van der Waals surface area contributed by atoms with Gasteiger partial charge in [-0.25, -0.2) is 0 Å². The van der Waals surface area contributed by atoms with Gasteiger partial charge in [-0.15, -0.1) is 0 Å². The highest BCUT2D eigenvalue weighted by Crippen LogP contribution is 2.21. The zero-order valence-electron chi connectivity index (χ0n) is 11.4. The molecule has 3 heterocycles. The Labute approximate surface area is 113 Å². The van der Waals surface area contributed by atoms with Crippen molar-refractivity contribution >= 4 is 0 Å². The number of nitrogens with zero attached hydrogens (tertiary/aromatic N) is 4. The first-order valence-electron chi connectivity index (χ1n) is 7.33. The summed E-state index contributed by atoms with van der Waals surface area (Å²) in [6.45, 7) is 5.92. The van der Waals surface area contributed by atoms with Crippen LogP contribution < -0.4 is 5.73 Å². The van der Waals surface area contributed by atoms with E-state index in [4.69, 9.17) is 10.3 Å². The Kier molecular flexibility index (Phi) is 4.10. The van der Waals surface area contributed by atoms with Crippen LogP contribution in [0.15, 0.2) is 4.52 Å². The smallest absolute Gasteiger partial charge is 0.240 e. The standard InChI is InChI=1S/C13H23N5O/c14-8-13-15-12(16-19-13)10-17-7-4-11(9-17)18-5-2-1-3-6-18/h11H,1-10,14H2. The second-order valence-corrected chi connectivity index (χ2v) is 5.58. The van der Waals surface area contributed by atoms with E-state index in [1.54, 1.807) is 0 Å². The van der Waals surface area contributed by atoms with Gasteiger partial charge in [0.2, 0.25) is 5.89 Å². The molecular formula is C13H23N5O. The molecule has 6 heteroatoms. The average Bonchev–Trinajstić information content (AvgIpc) is 3.09. The molecule has 1 aromatic rings. The molecule has 0 spiro atoms. The summed E-state index contributed by atoms with van der Waals surface area (Å²) in [5, 5.41) is 3.97. The number of piperidine rings is 1. The fraction of sp³-hybridized carbons (Fsp3) is 0.846. The maximum Gasteiger partial charge on any atom is 0.240 e. The van der Waals surface area contributed by atoms with Crippen LogP contribution in [-0.4, -0.2) is 52.2 Å². The average molecular weight is 265 g/mol. The third kappa shape index (κ3) is 3.13. The van der Waals surface area contributed by atoms with Crippen molar-refractivity contribution in [2.75, 3.05) is 26.2 Å². The summed E-state index contributed by atoms with van der Waals surface area (Å²) in [4.78, 5) is 9.35. The highest BCUT2D eigenvalue weighted by atomic mass is 16.5. The van der Waals surface area contributed by atoms with Gasteiger partial charge >= 0.3 is 0 Å². The van der Waals surface area contributed by atoms with Crippen molar-refractivity contribution in [1.29, 1.82) is 0 Å². The van der Waals surface area contributed by atoms with Gasteiger partial charge in [0, 0.05) is 19.1 Å². The molecule has 2 aliphatic heterocycles. The molecule has 2 aliphatic rings. The Morgan fingerprint density at radius 3 is 2.79 bits per heavy atom. The molecule has 3 rings (SSSR count). The van der Waals surface area contributed by atoms with Crippen LogP contribution in [0.25, 0.3) is 0 Å². The van der Waals surface area contributed by atoms with E-state index in [1.807, 2.05) is 0 Å². The molecule has 0 bridgehead atoms. The molecule has 6 nitrogen and oxygen atoms in total. The largest absolute Gasteiger partial charge is 0.338 e. The lowest BCUT2D eigenvalue weighted by Gasteiger charge is -2.32. The maximum absolute atomic E-state index is 5.47. The van der Waals surface area contributed by atoms with Crippen LogP contribution in [0.4, 0.5) is 0 Å². The molecule has 0 aromatic carbocycles. The lowest BCUT2D eigenvalue weighted by molar-refractivity contribution is 0.160. The Balaban J connectivity index is 1.51. The minimum Gasteiger partial charge on any atom is -0.338 e. The Bertz CT molecular complexity index is 401. The predicted octanol–water partition coefficient (Wildman–Crippen LogP) is 0.588. The fourth-order valence-corrected chi connectivity index (χ4v) is 3.17. The van der Waals surface area contributed by atoms with Gasteiger partial charge in [-0.1, -0.05) is 11.6 Å². The molecule has 1 aromatic heterocycles. The van der Waals surface area contributed by atoms with Crippen molar-refractivity contribution in [2.45, 2.75) is 44.8 Å². The van der Waals surface area contributed by atoms with Gasteiger partial charge < -0.3 is 10.3 Å². The SMILES string of the molecule is NCc1nc(CN2CCC(N3CCCCC3)C2)no1. The summed E-state index contributed by atoms with van der Waals surface area (Å²) in [7, 11) is 0. The van der Waals surface area contributed by atoms with E-state index in [9.17, 15) is 0 Å². The second-order valence-electron chi connectivity index (χ2n) is 5.58. The van der Waals surface area contributed by atoms with Gasteiger partial charge in [0.25, 0.3) is 0 Å². The summed E-state index contributed by atoms with van der Waals surface area (Å²) in [5.74, 6) is 1.29. The van der Waals surface area contributed by atoms with E-state index < -0.39 is 0 Å². The Morgan fingerprint density at radius 2 is 2.05 bits per heavy atom. The molecule has 2 N–H and O–H groups in total. The second kappa shape index (κ2) is 5.98. The predicted molar refractivity (Wildman–Crippen MR) is 71.3 cm³/mol. The van der Waals surface area contributed by atoms with Gasteiger partial charge in [-0.3, -0.25) is 9.80 Å². The normalized spacial score (nSPS) is 26.1. The highest BCUT2D eigenvalue weighted by molar-refractivity contribution is 4.90. The third-order valence-electron chi connectivity index (χ3n) is 4.20. The molecule has 1 unspecified atom stereocenters. The topological polar surface area (TPSA) is 71.4 Å². The first-order valence-corrected chi connectivity index (χ1v) is 7.33. The molecule has 19 heavy (non-hydrogen) atoms. The molecule has 0 radical (unpaired) electrons. The first-order chi connectivity index (χ1) is 9.35. The molecule has 0 saturated carbocycles. The van der Waals surface area contributed by atoms with Gasteiger partial charge in [-0.2, -0.15) is 4.98 Å². The minimum absolute atomic E-state index is 0.323. The number of likely N-dealkylation sites (tertiary alicyclic amines) is 2. The van der Waals surface area contributed by atoms with E-state index in [-0.39, 0.29) is 0 Å². The maximum atomic E-state index is 5.47. The summed E-state index contributed by atoms with van der Waals surface area (Å²) < 4.78 is 5.04. The van der Waals surface area contributed by atoms with E-state index >= 15 is 0 Å². The van der Waals surface area contributed by atoms with Gasteiger partial charge in [0.1, 0.15) is 0 Å². The van der Waals surface area contributed by atoms with Crippen molar-refractivity contribution in [3.8, 4) is 0 Å². The van der Waals surface area contributed by atoms with Crippen LogP contribution in [0.1, 0.15) is 37.4 Å². The lowest BCUT2D eigenvalue weighted by atomic mass is 10.1. The van der Waals surface area contributed by atoms with Gasteiger partial charge in [0.05, 0.1) is 13.1 Å². The number of aromatic nitrogens is 2. The quantitative estimate of drug-likeness (QED) is 0.859. The van der Waals surface area contributed by atoms with Crippen LogP contribution in [0.5, 0.6) is 0 Å². The summed E-state index contributed by atoms with van der Waals surface area (Å²) >= 11 is 0. The van der Waals surface area contributed by atoms with E-state index in [2.05, 4.69) is 19.9 Å². The molecule has 2 fully saturated rings. The number of hydrogen-bond donors (Lipinski definition) is 1. The molecule has 0 amide bonds. The Morgan fingerprint density at radius 1 is 1.21 bits per heavy atom. The van der Waals surface area contributed by atoms with Crippen LogP contribution in [0.2, 0.25) is 0 Å². The molecule has 106 valence electrons. The van der Waals surface area contributed by atoms with E-state index in [0.717, 1.165) is 31.5 Å². The van der Waals surface area contributed by atoms with Gasteiger partial charge in [-0.05, 0) is 32.4 Å².